The molecule has 1 aliphatic heterocycles. The van der Waals surface area contributed by atoms with Gasteiger partial charge in [-0.3, -0.25) is 9.69 Å². The molecule has 1 saturated heterocycles. The van der Waals surface area contributed by atoms with Crippen molar-refractivity contribution in [2.75, 3.05) is 44.2 Å². The highest BCUT2D eigenvalue weighted by Crippen LogP contribution is 2.17. The van der Waals surface area contributed by atoms with Gasteiger partial charge in [-0.25, -0.2) is 0 Å². The van der Waals surface area contributed by atoms with E-state index in [1.165, 1.54) is 11.3 Å². The number of rotatable bonds is 6. The number of amides is 1. The van der Waals surface area contributed by atoms with Gasteiger partial charge in [0.15, 0.2) is 0 Å². The number of halogens is 1. The molecule has 1 fully saturated rings. The van der Waals surface area contributed by atoms with Crippen molar-refractivity contribution >= 4 is 34.2 Å². The molecule has 1 aliphatic rings. The molecule has 5 heteroatoms. The average Bonchev–Trinajstić information content (AvgIpc) is 2.66. The number of aryl methyl sites for hydroxylation is 1. The summed E-state index contributed by atoms with van der Waals surface area (Å²) in [4.78, 5) is 17.1. The van der Waals surface area contributed by atoms with Crippen LogP contribution in [-0.2, 0) is 0 Å². The van der Waals surface area contributed by atoms with Gasteiger partial charge in [-0.2, -0.15) is 0 Å². The van der Waals surface area contributed by atoms with E-state index in [-0.39, 0.29) is 5.91 Å². The van der Waals surface area contributed by atoms with Crippen molar-refractivity contribution in [2.24, 2.45) is 0 Å². The van der Waals surface area contributed by atoms with Crippen molar-refractivity contribution in [3.05, 3.63) is 63.2 Å². The summed E-state index contributed by atoms with van der Waals surface area (Å²) < 4.78 is 1.14. The molecule has 0 aliphatic carbocycles. The van der Waals surface area contributed by atoms with Crippen LogP contribution in [0.5, 0.6) is 0 Å². The Morgan fingerprint density at radius 3 is 2.50 bits per heavy atom. The number of carbonyl (C=O) groups is 1. The zero-order valence-corrected chi connectivity index (χ0v) is 17.4. The van der Waals surface area contributed by atoms with Gasteiger partial charge in [0.25, 0.3) is 5.91 Å². The van der Waals surface area contributed by atoms with Crippen LogP contribution >= 0.6 is 22.6 Å². The Morgan fingerprint density at radius 2 is 1.81 bits per heavy atom. The van der Waals surface area contributed by atoms with Gasteiger partial charge >= 0.3 is 0 Å². The Kier molecular flexibility index (Phi) is 6.91. The fourth-order valence-corrected chi connectivity index (χ4v) is 3.62. The largest absolute Gasteiger partial charge is 0.369 e. The molecule has 0 saturated carbocycles. The zero-order chi connectivity index (χ0) is 18.4. The Labute approximate surface area is 169 Å². The standard InChI is InChI=1S/C21H26IN3O/c1-17-4-2-5-20(16-17)25-14-12-24(13-15-25)11-3-10-23-21(26)18-6-8-19(22)9-7-18/h2,4-9,16H,3,10-15H2,1H3,(H,23,26). The van der Waals surface area contributed by atoms with E-state index in [2.05, 4.69) is 68.9 Å². The second-order valence-electron chi connectivity index (χ2n) is 6.78. The molecule has 2 aromatic rings. The quantitative estimate of drug-likeness (QED) is 0.526. The van der Waals surface area contributed by atoms with Crippen LogP contribution in [0.15, 0.2) is 48.5 Å². The molecule has 0 unspecified atom stereocenters. The van der Waals surface area contributed by atoms with E-state index >= 15 is 0 Å². The summed E-state index contributed by atoms with van der Waals surface area (Å²) in [7, 11) is 0. The van der Waals surface area contributed by atoms with Gasteiger partial charge in [0.2, 0.25) is 0 Å². The third-order valence-electron chi connectivity index (χ3n) is 4.78. The van der Waals surface area contributed by atoms with Crippen LogP contribution in [0.2, 0.25) is 0 Å². The number of nitrogens with zero attached hydrogens (tertiary/aromatic N) is 2. The van der Waals surface area contributed by atoms with Crippen LogP contribution in [0.25, 0.3) is 0 Å². The number of hydrogen-bond donors (Lipinski definition) is 1. The molecule has 0 bridgehead atoms. The first-order valence-electron chi connectivity index (χ1n) is 9.19. The minimum absolute atomic E-state index is 0.0191. The van der Waals surface area contributed by atoms with Crippen LogP contribution in [0.1, 0.15) is 22.3 Å². The number of carbonyl (C=O) groups excluding carboxylic acids is 1. The van der Waals surface area contributed by atoms with Gasteiger partial charge in [-0.05, 0) is 84.4 Å². The number of benzene rings is 2. The van der Waals surface area contributed by atoms with Crippen molar-refractivity contribution < 1.29 is 4.79 Å². The lowest BCUT2D eigenvalue weighted by molar-refractivity contribution is 0.0951. The van der Waals surface area contributed by atoms with Gasteiger partial charge in [0.05, 0.1) is 0 Å². The van der Waals surface area contributed by atoms with E-state index in [0.717, 1.165) is 54.8 Å². The highest BCUT2D eigenvalue weighted by Gasteiger charge is 2.16. The first-order chi connectivity index (χ1) is 12.6. The minimum atomic E-state index is 0.0191. The van der Waals surface area contributed by atoms with E-state index in [4.69, 9.17) is 0 Å². The van der Waals surface area contributed by atoms with E-state index in [1.54, 1.807) is 0 Å². The molecule has 0 spiro atoms. The normalized spacial score (nSPS) is 15.1. The second-order valence-corrected chi connectivity index (χ2v) is 8.03. The second kappa shape index (κ2) is 9.37. The molecule has 4 nitrogen and oxygen atoms in total. The van der Waals surface area contributed by atoms with Gasteiger partial charge < -0.3 is 10.2 Å². The van der Waals surface area contributed by atoms with E-state index in [9.17, 15) is 4.79 Å². The van der Waals surface area contributed by atoms with Crippen LogP contribution < -0.4 is 10.2 Å². The van der Waals surface area contributed by atoms with E-state index in [0.29, 0.717) is 0 Å². The Morgan fingerprint density at radius 1 is 1.08 bits per heavy atom. The maximum Gasteiger partial charge on any atom is 0.251 e. The summed E-state index contributed by atoms with van der Waals surface area (Å²) >= 11 is 2.25. The van der Waals surface area contributed by atoms with Crippen LogP contribution in [0.4, 0.5) is 5.69 Å². The summed E-state index contributed by atoms with van der Waals surface area (Å²) in [5.74, 6) is 0.0191. The smallest absolute Gasteiger partial charge is 0.251 e. The van der Waals surface area contributed by atoms with Gasteiger partial charge in [-0.1, -0.05) is 12.1 Å². The van der Waals surface area contributed by atoms with Crippen molar-refractivity contribution in [2.45, 2.75) is 13.3 Å². The monoisotopic (exact) mass is 463 g/mol. The lowest BCUT2D eigenvalue weighted by Crippen LogP contribution is -2.47. The molecule has 138 valence electrons. The number of hydrogen-bond acceptors (Lipinski definition) is 3. The maximum atomic E-state index is 12.1. The number of nitrogens with one attached hydrogen (secondary N) is 1. The van der Waals surface area contributed by atoms with Crippen molar-refractivity contribution in [1.82, 2.24) is 10.2 Å². The lowest BCUT2D eigenvalue weighted by Gasteiger charge is -2.36. The summed E-state index contributed by atoms with van der Waals surface area (Å²) in [5, 5.41) is 3.02. The number of piperazine rings is 1. The molecule has 1 amide bonds. The fourth-order valence-electron chi connectivity index (χ4n) is 3.26. The third-order valence-corrected chi connectivity index (χ3v) is 5.50. The Hall–Kier alpha value is -1.60. The van der Waals surface area contributed by atoms with Gasteiger partial charge in [0, 0.05) is 47.5 Å². The Balaban J connectivity index is 1.35. The Bertz CT molecular complexity index is 724. The highest BCUT2D eigenvalue weighted by atomic mass is 127. The molecule has 1 N–H and O–H groups in total. The highest BCUT2D eigenvalue weighted by molar-refractivity contribution is 14.1. The molecule has 2 aromatic carbocycles. The topological polar surface area (TPSA) is 35.6 Å². The summed E-state index contributed by atoms with van der Waals surface area (Å²) in [6, 6.07) is 16.4. The zero-order valence-electron chi connectivity index (χ0n) is 15.2. The molecule has 0 atom stereocenters. The third kappa shape index (κ3) is 5.45. The molecular formula is C21H26IN3O. The lowest BCUT2D eigenvalue weighted by atomic mass is 10.2. The van der Waals surface area contributed by atoms with Crippen molar-refractivity contribution in [1.29, 1.82) is 0 Å². The summed E-state index contributed by atoms with van der Waals surface area (Å²) in [5.41, 5.74) is 3.38. The van der Waals surface area contributed by atoms with Crippen molar-refractivity contribution in [3.63, 3.8) is 0 Å². The van der Waals surface area contributed by atoms with Crippen LogP contribution in [0, 0.1) is 10.5 Å². The molecule has 0 aromatic heterocycles. The predicted octanol–water partition coefficient (Wildman–Crippen LogP) is 3.54. The minimum Gasteiger partial charge on any atom is -0.369 e. The van der Waals surface area contributed by atoms with Gasteiger partial charge in [-0.15, -0.1) is 0 Å². The number of anilines is 1. The van der Waals surface area contributed by atoms with Crippen LogP contribution in [0.3, 0.4) is 0 Å². The average molecular weight is 463 g/mol. The molecule has 0 radical (unpaired) electrons. The first-order valence-corrected chi connectivity index (χ1v) is 10.3. The SMILES string of the molecule is Cc1cccc(N2CCN(CCCNC(=O)c3ccc(I)cc3)CC2)c1. The molecule has 3 rings (SSSR count). The van der Waals surface area contributed by atoms with Crippen LogP contribution in [-0.4, -0.2) is 50.1 Å². The summed E-state index contributed by atoms with van der Waals surface area (Å²) in [6.07, 6.45) is 0.987. The first kappa shape index (κ1) is 19.2. The maximum absolute atomic E-state index is 12.1. The van der Waals surface area contributed by atoms with E-state index in [1.807, 2.05) is 24.3 Å². The fraction of sp³-hybridized carbons (Fsp3) is 0.381. The predicted molar refractivity (Wildman–Crippen MR) is 116 cm³/mol. The van der Waals surface area contributed by atoms with E-state index < -0.39 is 0 Å². The van der Waals surface area contributed by atoms with Gasteiger partial charge in [0.1, 0.15) is 0 Å². The molecule has 26 heavy (non-hydrogen) atoms. The van der Waals surface area contributed by atoms with Crippen molar-refractivity contribution in [3.8, 4) is 0 Å². The molecule has 1 heterocycles. The molecular weight excluding hydrogens is 437 g/mol. The summed E-state index contributed by atoms with van der Waals surface area (Å²) in [6.45, 7) is 8.21.